The monoisotopic (exact) mass is 405 g/mol. The lowest BCUT2D eigenvalue weighted by Crippen LogP contribution is -2.86. The van der Waals surface area contributed by atoms with Gasteiger partial charge in [-0.2, -0.15) is 0 Å². The molecule has 0 fully saturated rings. The highest BCUT2D eigenvalue weighted by Crippen LogP contribution is 2.27. The topological polar surface area (TPSA) is 77.8 Å². The van der Waals surface area contributed by atoms with E-state index >= 15 is 0 Å². The van der Waals surface area contributed by atoms with Crippen molar-refractivity contribution in [2.75, 3.05) is 47.6 Å². The molecule has 1 amide bonds. The molecule has 1 heterocycles. The van der Waals surface area contributed by atoms with E-state index in [1.165, 1.54) is 0 Å². The van der Waals surface area contributed by atoms with Gasteiger partial charge >= 0.3 is 0 Å². The first-order valence-electron chi connectivity index (χ1n) is 9.92. The normalized spacial score (nSPS) is 10.8. The van der Waals surface area contributed by atoms with E-state index in [-0.39, 0.29) is 5.91 Å². The molecule has 29 heavy (non-hydrogen) atoms. The molecule has 1 aromatic heterocycles. The van der Waals surface area contributed by atoms with Gasteiger partial charge in [0.05, 0.1) is 33.9 Å². The van der Waals surface area contributed by atoms with Crippen molar-refractivity contribution in [1.82, 2.24) is 4.90 Å². The SMILES string of the molecule is COCCC[NH2+]CC(=O)N(CCc1ccc(OC)c(OC)c1)Cc1ccc(C)o1. The summed E-state index contributed by atoms with van der Waals surface area (Å²) in [7, 11) is 4.93. The highest BCUT2D eigenvalue weighted by Gasteiger charge is 2.17. The first kappa shape index (κ1) is 22.8. The predicted octanol–water partition coefficient (Wildman–Crippen LogP) is 1.78. The average Bonchev–Trinajstić information content (AvgIpc) is 3.15. The van der Waals surface area contributed by atoms with Crippen molar-refractivity contribution < 1.29 is 28.7 Å². The number of methoxy groups -OCH3 is 3. The molecule has 0 aliphatic carbocycles. The fourth-order valence-corrected chi connectivity index (χ4v) is 3.08. The number of hydrogen-bond donors (Lipinski definition) is 1. The molecule has 0 saturated heterocycles. The van der Waals surface area contributed by atoms with E-state index in [0.29, 0.717) is 37.7 Å². The second-order valence-corrected chi connectivity index (χ2v) is 6.89. The molecule has 1 aromatic carbocycles. The third-order valence-corrected chi connectivity index (χ3v) is 4.69. The van der Waals surface area contributed by atoms with Crippen LogP contribution in [0.4, 0.5) is 0 Å². The highest BCUT2D eigenvalue weighted by molar-refractivity contribution is 5.77. The Hall–Kier alpha value is -2.51. The van der Waals surface area contributed by atoms with Crippen LogP contribution in [0.1, 0.15) is 23.5 Å². The van der Waals surface area contributed by atoms with Gasteiger partial charge in [-0.05, 0) is 43.2 Å². The number of carbonyl (C=O) groups excluding carboxylic acids is 1. The Labute approximate surface area is 172 Å². The molecule has 160 valence electrons. The second-order valence-electron chi connectivity index (χ2n) is 6.89. The van der Waals surface area contributed by atoms with Crippen LogP contribution in [-0.2, 0) is 22.5 Å². The minimum atomic E-state index is 0.0944. The molecule has 7 heteroatoms. The lowest BCUT2D eigenvalue weighted by atomic mass is 10.1. The van der Waals surface area contributed by atoms with Crippen LogP contribution in [-0.4, -0.2) is 58.4 Å². The number of amides is 1. The van der Waals surface area contributed by atoms with Gasteiger partial charge in [-0.1, -0.05) is 6.07 Å². The van der Waals surface area contributed by atoms with Crippen LogP contribution in [0.5, 0.6) is 11.5 Å². The lowest BCUT2D eigenvalue weighted by molar-refractivity contribution is -0.645. The number of aryl methyl sites for hydroxylation is 1. The summed E-state index contributed by atoms with van der Waals surface area (Å²) >= 11 is 0. The molecule has 0 aliphatic rings. The number of hydrogen-bond acceptors (Lipinski definition) is 5. The largest absolute Gasteiger partial charge is 0.493 e. The van der Waals surface area contributed by atoms with E-state index in [2.05, 4.69) is 0 Å². The molecular formula is C22H33N2O5+. The number of furan rings is 1. The maximum absolute atomic E-state index is 12.8. The average molecular weight is 406 g/mol. The fraction of sp³-hybridized carbons (Fsp3) is 0.500. The van der Waals surface area contributed by atoms with Gasteiger partial charge in [0.1, 0.15) is 11.5 Å². The van der Waals surface area contributed by atoms with Crippen LogP contribution in [0.25, 0.3) is 0 Å². The van der Waals surface area contributed by atoms with Gasteiger partial charge in [-0.25, -0.2) is 0 Å². The Kier molecular flexibility index (Phi) is 9.53. The van der Waals surface area contributed by atoms with Crippen LogP contribution >= 0.6 is 0 Å². The number of nitrogens with two attached hydrogens (primary N) is 1. The van der Waals surface area contributed by atoms with Gasteiger partial charge in [0.15, 0.2) is 18.0 Å². The maximum Gasteiger partial charge on any atom is 0.278 e. The first-order valence-corrected chi connectivity index (χ1v) is 9.92. The summed E-state index contributed by atoms with van der Waals surface area (Å²) in [4.78, 5) is 14.7. The summed E-state index contributed by atoms with van der Waals surface area (Å²) in [5, 5.41) is 2.03. The standard InChI is InChI=1S/C22H32N2O5/c1-17-6-8-19(29-17)16-24(22(25)15-23-11-5-13-26-2)12-10-18-7-9-20(27-3)21(14-18)28-4/h6-9,14,23H,5,10-13,15-16H2,1-4H3/p+1. The van der Waals surface area contributed by atoms with Crippen LogP contribution in [0.2, 0.25) is 0 Å². The van der Waals surface area contributed by atoms with Crippen LogP contribution in [0, 0.1) is 6.92 Å². The van der Waals surface area contributed by atoms with E-state index in [0.717, 1.165) is 36.5 Å². The second kappa shape index (κ2) is 12.1. The number of nitrogens with zero attached hydrogens (tertiary/aromatic N) is 1. The molecule has 0 aliphatic heterocycles. The van der Waals surface area contributed by atoms with E-state index < -0.39 is 0 Å². The summed E-state index contributed by atoms with van der Waals surface area (Å²) < 4.78 is 21.4. The van der Waals surface area contributed by atoms with Crippen molar-refractivity contribution in [3.8, 4) is 11.5 Å². The number of benzene rings is 1. The minimum Gasteiger partial charge on any atom is -0.493 e. The molecule has 0 saturated carbocycles. The molecule has 0 spiro atoms. The Morgan fingerprint density at radius 2 is 1.90 bits per heavy atom. The zero-order valence-corrected chi connectivity index (χ0v) is 17.9. The minimum absolute atomic E-state index is 0.0944. The van der Waals surface area contributed by atoms with Gasteiger partial charge in [0, 0.05) is 20.1 Å². The van der Waals surface area contributed by atoms with Crippen molar-refractivity contribution in [2.45, 2.75) is 26.3 Å². The van der Waals surface area contributed by atoms with E-state index in [1.54, 1.807) is 21.3 Å². The zero-order chi connectivity index (χ0) is 21.1. The Morgan fingerprint density at radius 1 is 1.10 bits per heavy atom. The summed E-state index contributed by atoms with van der Waals surface area (Å²) in [6, 6.07) is 9.69. The predicted molar refractivity (Wildman–Crippen MR) is 110 cm³/mol. The molecule has 2 aromatic rings. The highest BCUT2D eigenvalue weighted by atomic mass is 16.5. The molecule has 2 N–H and O–H groups in total. The maximum atomic E-state index is 12.8. The summed E-state index contributed by atoms with van der Waals surface area (Å²) in [6.45, 7) is 4.95. The van der Waals surface area contributed by atoms with Crippen molar-refractivity contribution in [3.05, 3.63) is 47.4 Å². The first-order chi connectivity index (χ1) is 14.1. The van der Waals surface area contributed by atoms with Crippen molar-refractivity contribution in [1.29, 1.82) is 0 Å². The van der Waals surface area contributed by atoms with Crippen molar-refractivity contribution in [3.63, 3.8) is 0 Å². The van der Waals surface area contributed by atoms with Gasteiger partial charge in [-0.15, -0.1) is 0 Å². The van der Waals surface area contributed by atoms with E-state index in [9.17, 15) is 4.79 Å². The van der Waals surface area contributed by atoms with Crippen LogP contribution in [0.15, 0.2) is 34.7 Å². The van der Waals surface area contributed by atoms with Crippen LogP contribution < -0.4 is 14.8 Å². The van der Waals surface area contributed by atoms with Crippen molar-refractivity contribution in [2.24, 2.45) is 0 Å². The van der Waals surface area contributed by atoms with Gasteiger partial charge < -0.3 is 28.8 Å². The van der Waals surface area contributed by atoms with Gasteiger partial charge in [-0.3, -0.25) is 4.79 Å². The molecule has 0 bridgehead atoms. The van der Waals surface area contributed by atoms with Gasteiger partial charge in [0.2, 0.25) is 0 Å². The Morgan fingerprint density at radius 3 is 2.55 bits per heavy atom. The molecule has 0 atom stereocenters. The molecular weight excluding hydrogens is 372 g/mol. The fourth-order valence-electron chi connectivity index (χ4n) is 3.08. The van der Waals surface area contributed by atoms with E-state index in [1.807, 2.05) is 47.5 Å². The number of carbonyl (C=O) groups is 1. The van der Waals surface area contributed by atoms with Crippen LogP contribution in [0.3, 0.4) is 0 Å². The smallest absolute Gasteiger partial charge is 0.278 e. The zero-order valence-electron chi connectivity index (χ0n) is 17.9. The van der Waals surface area contributed by atoms with E-state index in [4.69, 9.17) is 18.6 Å². The Bertz CT molecular complexity index is 759. The van der Waals surface area contributed by atoms with Crippen molar-refractivity contribution >= 4 is 5.91 Å². The quantitative estimate of drug-likeness (QED) is 0.514. The molecule has 7 nitrogen and oxygen atoms in total. The molecule has 0 radical (unpaired) electrons. The third kappa shape index (κ3) is 7.44. The molecule has 0 unspecified atom stereocenters. The lowest BCUT2D eigenvalue weighted by Gasteiger charge is -2.21. The number of ether oxygens (including phenoxy) is 3. The number of quaternary nitrogens is 1. The Balaban J connectivity index is 1.99. The third-order valence-electron chi connectivity index (χ3n) is 4.69. The molecule has 2 rings (SSSR count). The number of rotatable bonds is 13. The summed E-state index contributed by atoms with van der Waals surface area (Å²) in [5.41, 5.74) is 1.08. The summed E-state index contributed by atoms with van der Waals surface area (Å²) in [5.74, 6) is 3.12. The summed E-state index contributed by atoms with van der Waals surface area (Å²) in [6.07, 6.45) is 1.64. The van der Waals surface area contributed by atoms with Gasteiger partial charge in [0.25, 0.3) is 5.91 Å².